The van der Waals surface area contributed by atoms with Crippen LogP contribution in [0.25, 0.3) is 0 Å². The summed E-state index contributed by atoms with van der Waals surface area (Å²) < 4.78 is 5.56. The molecule has 1 aromatic heterocycles. The molecule has 0 spiro atoms. The lowest BCUT2D eigenvalue weighted by Crippen LogP contribution is -2.36. The van der Waals surface area contributed by atoms with E-state index in [0.717, 1.165) is 34.3 Å². The zero-order chi connectivity index (χ0) is 15.5. The van der Waals surface area contributed by atoms with Crippen molar-refractivity contribution < 1.29 is 4.74 Å². The summed E-state index contributed by atoms with van der Waals surface area (Å²) in [5, 5.41) is 2.04. The lowest BCUT2D eigenvalue weighted by Gasteiger charge is -2.36. The Morgan fingerprint density at radius 2 is 1.86 bits per heavy atom. The summed E-state index contributed by atoms with van der Waals surface area (Å²) in [6.45, 7) is 4.19. The highest BCUT2D eigenvalue weighted by atomic mass is 79.9. The zero-order valence-corrected chi connectivity index (χ0v) is 16.4. The first-order chi connectivity index (χ1) is 10.1. The van der Waals surface area contributed by atoms with Crippen molar-refractivity contribution in [3.05, 3.63) is 23.0 Å². The molecule has 1 saturated carbocycles. The molecule has 21 heavy (non-hydrogen) atoms. The maximum Gasteiger partial charge on any atom is 0.128 e. The van der Waals surface area contributed by atoms with E-state index in [2.05, 4.69) is 45.7 Å². The number of aromatic nitrogens is 1. The highest BCUT2D eigenvalue weighted by molar-refractivity contribution is 9.09. The second kappa shape index (κ2) is 7.45. The maximum absolute atomic E-state index is 5.56. The number of methoxy groups -OCH3 is 1. The van der Waals surface area contributed by atoms with Gasteiger partial charge in [0.05, 0.1) is 7.11 Å². The molecule has 0 bridgehead atoms. The molecule has 1 aliphatic rings. The van der Waals surface area contributed by atoms with Crippen LogP contribution in [0, 0.1) is 25.2 Å². The second-order valence-corrected chi connectivity index (χ2v) is 7.46. The zero-order valence-electron chi connectivity index (χ0n) is 13.2. The number of halogens is 2. The van der Waals surface area contributed by atoms with Crippen molar-refractivity contribution in [3.63, 3.8) is 0 Å². The van der Waals surface area contributed by atoms with Gasteiger partial charge in [-0.05, 0) is 44.4 Å². The van der Waals surface area contributed by atoms with Gasteiger partial charge in [0.15, 0.2) is 0 Å². The van der Waals surface area contributed by atoms with Crippen molar-refractivity contribution in [2.45, 2.75) is 46.0 Å². The molecule has 118 valence electrons. The molecule has 0 unspecified atom stereocenters. The largest absolute Gasteiger partial charge is 0.496 e. The van der Waals surface area contributed by atoms with Crippen molar-refractivity contribution in [3.8, 4) is 5.75 Å². The molecule has 0 aromatic carbocycles. The van der Waals surface area contributed by atoms with E-state index >= 15 is 0 Å². The van der Waals surface area contributed by atoms with Gasteiger partial charge in [0, 0.05) is 33.7 Å². The number of hydrogen-bond acceptors (Lipinski definition) is 2. The third-order valence-corrected chi connectivity index (χ3v) is 7.26. The Morgan fingerprint density at radius 1 is 1.24 bits per heavy atom. The smallest absolute Gasteiger partial charge is 0.128 e. The van der Waals surface area contributed by atoms with Gasteiger partial charge in [-0.1, -0.05) is 44.7 Å². The molecule has 0 saturated heterocycles. The van der Waals surface area contributed by atoms with E-state index in [1.54, 1.807) is 7.11 Å². The van der Waals surface area contributed by atoms with Crippen molar-refractivity contribution >= 4 is 31.9 Å². The number of rotatable bonds is 6. The van der Waals surface area contributed by atoms with Gasteiger partial charge in [-0.15, -0.1) is 0 Å². The van der Waals surface area contributed by atoms with E-state index in [9.17, 15) is 0 Å². The van der Waals surface area contributed by atoms with E-state index in [-0.39, 0.29) is 5.41 Å². The van der Waals surface area contributed by atoms with Crippen molar-refractivity contribution in [1.29, 1.82) is 0 Å². The first-order valence-corrected chi connectivity index (χ1v) is 9.93. The third kappa shape index (κ3) is 3.47. The predicted molar refractivity (Wildman–Crippen MR) is 95.9 cm³/mol. The van der Waals surface area contributed by atoms with E-state index in [0.29, 0.717) is 0 Å². The van der Waals surface area contributed by atoms with Crippen LogP contribution >= 0.6 is 31.9 Å². The lowest BCUT2D eigenvalue weighted by molar-refractivity contribution is 0.230. The molecule has 4 heteroatoms. The molecule has 0 radical (unpaired) electrons. The van der Waals surface area contributed by atoms with Gasteiger partial charge in [0.25, 0.3) is 0 Å². The summed E-state index contributed by atoms with van der Waals surface area (Å²) in [6.07, 6.45) is 8.39. The topological polar surface area (TPSA) is 22.1 Å². The van der Waals surface area contributed by atoms with Crippen LogP contribution in [0.4, 0.5) is 0 Å². The van der Waals surface area contributed by atoms with Gasteiger partial charge in [-0.25, -0.2) is 0 Å². The Balaban J connectivity index is 2.33. The minimum Gasteiger partial charge on any atom is -0.496 e. The average molecular weight is 419 g/mol. The quantitative estimate of drug-likeness (QED) is 0.591. The Morgan fingerprint density at radius 3 is 2.38 bits per heavy atom. The summed E-state index contributed by atoms with van der Waals surface area (Å²) in [5.74, 6) is 1.77. The molecule has 2 nitrogen and oxygen atoms in total. The Hall–Kier alpha value is -0.0900. The van der Waals surface area contributed by atoms with Crippen molar-refractivity contribution in [1.82, 2.24) is 4.98 Å². The third-order valence-electron chi connectivity index (χ3n) is 5.02. The fourth-order valence-electron chi connectivity index (χ4n) is 3.61. The molecule has 0 aliphatic heterocycles. The van der Waals surface area contributed by atoms with E-state index < -0.39 is 0 Å². The second-order valence-electron chi connectivity index (χ2n) is 6.33. The van der Waals surface area contributed by atoms with E-state index in [1.807, 2.05) is 6.20 Å². The Labute approximate surface area is 145 Å². The fraction of sp³-hybridized carbons (Fsp3) is 0.706. The summed E-state index contributed by atoms with van der Waals surface area (Å²) in [5.41, 5.74) is 3.75. The molecule has 1 aliphatic carbocycles. The maximum atomic E-state index is 5.56. The van der Waals surface area contributed by atoms with Gasteiger partial charge < -0.3 is 4.74 Å². The van der Waals surface area contributed by atoms with Crippen molar-refractivity contribution in [2.75, 3.05) is 17.8 Å². The van der Waals surface area contributed by atoms with Crippen LogP contribution in [0.1, 0.15) is 42.5 Å². The molecule has 2 rings (SSSR count). The lowest BCUT2D eigenvalue weighted by atomic mass is 9.74. The van der Waals surface area contributed by atoms with Crippen LogP contribution in [-0.2, 0) is 6.42 Å². The van der Waals surface area contributed by atoms with Gasteiger partial charge in [0.1, 0.15) is 5.75 Å². The van der Waals surface area contributed by atoms with Gasteiger partial charge in [-0.2, -0.15) is 0 Å². The summed E-state index contributed by atoms with van der Waals surface area (Å²) >= 11 is 7.57. The number of hydrogen-bond donors (Lipinski definition) is 0. The van der Waals surface area contributed by atoms with Crippen LogP contribution in [0.15, 0.2) is 6.20 Å². The average Bonchev–Trinajstić information content (AvgIpc) is 3.02. The van der Waals surface area contributed by atoms with Crippen molar-refractivity contribution in [2.24, 2.45) is 11.3 Å². The highest BCUT2D eigenvalue weighted by Gasteiger charge is 2.39. The van der Waals surface area contributed by atoms with Crippen LogP contribution < -0.4 is 4.74 Å². The van der Waals surface area contributed by atoms with Crippen LogP contribution in [-0.4, -0.2) is 22.8 Å². The summed E-state index contributed by atoms with van der Waals surface area (Å²) in [6, 6.07) is 0. The van der Waals surface area contributed by atoms with E-state index in [1.165, 1.54) is 36.9 Å². The Bertz CT molecular complexity index is 480. The molecule has 1 aromatic rings. The molecule has 1 heterocycles. The minimum absolute atomic E-state index is 0.258. The monoisotopic (exact) mass is 417 g/mol. The van der Waals surface area contributed by atoms with Crippen LogP contribution in [0.5, 0.6) is 5.75 Å². The standard InChI is InChI=1S/C17H25Br2NO/c1-12-9-20-15(13(2)16(12)21-3)8-17(10-18,11-19)14-6-4-5-7-14/h9,14H,4-8,10-11H2,1-3H3. The first-order valence-electron chi connectivity index (χ1n) is 7.69. The van der Waals surface area contributed by atoms with E-state index in [4.69, 9.17) is 9.72 Å². The molecular weight excluding hydrogens is 394 g/mol. The van der Waals surface area contributed by atoms with Gasteiger partial charge in [-0.3, -0.25) is 4.98 Å². The molecular formula is C17H25Br2NO. The summed E-state index contributed by atoms with van der Waals surface area (Å²) in [7, 11) is 1.75. The molecule has 0 N–H and O–H groups in total. The number of pyridine rings is 1. The number of alkyl halides is 2. The molecule has 0 atom stereocenters. The van der Waals surface area contributed by atoms with Gasteiger partial charge >= 0.3 is 0 Å². The van der Waals surface area contributed by atoms with Gasteiger partial charge in [0.2, 0.25) is 0 Å². The number of aryl methyl sites for hydroxylation is 1. The Kier molecular flexibility index (Phi) is 6.13. The van der Waals surface area contributed by atoms with Crippen LogP contribution in [0.2, 0.25) is 0 Å². The number of ether oxygens (including phenoxy) is 1. The highest BCUT2D eigenvalue weighted by Crippen LogP contribution is 2.45. The summed E-state index contributed by atoms with van der Waals surface area (Å²) in [4.78, 5) is 4.72. The fourth-order valence-corrected chi connectivity index (χ4v) is 5.85. The molecule has 0 amide bonds. The van der Waals surface area contributed by atoms with Crippen LogP contribution in [0.3, 0.4) is 0 Å². The molecule has 1 fully saturated rings. The first kappa shape index (κ1) is 17.3. The minimum atomic E-state index is 0.258. The normalized spacial score (nSPS) is 16.4. The SMILES string of the molecule is COc1c(C)cnc(CC(CBr)(CBr)C2CCCC2)c1C. The predicted octanol–water partition coefficient (Wildman–Crippen LogP) is 5.22. The number of nitrogens with zero attached hydrogens (tertiary/aromatic N) is 1.